The monoisotopic (exact) mass is 340 g/mol. The first-order valence-corrected chi connectivity index (χ1v) is 8.14. The summed E-state index contributed by atoms with van der Waals surface area (Å²) in [4.78, 5) is 14.2. The van der Waals surface area contributed by atoms with Crippen LogP contribution in [0.5, 0.6) is 0 Å². The quantitative estimate of drug-likeness (QED) is 0.787. The largest absolute Gasteiger partial charge is 0.445 e. The Bertz CT molecular complexity index is 575. The van der Waals surface area contributed by atoms with Gasteiger partial charge in [-0.1, -0.05) is 42.1 Å². The van der Waals surface area contributed by atoms with Crippen molar-refractivity contribution < 1.29 is 9.21 Å². The Morgan fingerprint density at radius 3 is 2.50 bits per heavy atom. The van der Waals surface area contributed by atoms with E-state index in [0.29, 0.717) is 25.4 Å². The van der Waals surface area contributed by atoms with Crippen molar-refractivity contribution in [3.8, 4) is 0 Å². The first-order valence-electron chi connectivity index (χ1n) is 6.91. The van der Waals surface area contributed by atoms with Gasteiger partial charge in [0.15, 0.2) is 10.9 Å². The standard InChI is InChI=1S/C16H20N2O2S.ClH/c1-21-15-8-7-14(20-15)16(19)18(12-10-17)11-9-13-5-3-2-4-6-13;/h2-8H,9-12,17H2,1H3;1H. The molecule has 2 rings (SSSR count). The number of carbonyl (C=O) groups is 1. The van der Waals surface area contributed by atoms with Gasteiger partial charge in [-0.05, 0) is 30.4 Å². The average molecular weight is 341 g/mol. The van der Waals surface area contributed by atoms with Gasteiger partial charge in [0.25, 0.3) is 5.91 Å². The van der Waals surface area contributed by atoms with Gasteiger partial charge >= 0.3 is 0 Å². The number of benzene rings is 1. The number of furan rings is 1. The summed E-state index contributed by atoms with van der Waals surface area (Å²) in [6.45, 7) is 1.60. The van der Waals surface area contributed by atoms with Crippen LogP contribution < -0.4 is 5.73 Å². The maximum absolute atomic E-state index is 12.5. The zero-order valence-electron chi connectivity index (χ0n) is 12.5. The summed E-state index contributed by atoms with van der Waals surface area (Å²) < 4.78 is 5.50. The summed E-state index contributed by atoms with van der Waals surface area (Å²) >= 11 is 1.48. The molecule has 0 fully saturated rings. The molecule has 0 aliphatic rings. The van der Waals surface area contributed by atoms with Crippen molar-refractivity contribution in [3.63, 3.8) is 0 Å². The fraction of sp³-hybridized carbons (Fsp3) is 0.312. The molecular formula is C16H21ClN2O2S. The van der Waals surface area contributed by atoms with Crippen molar-refractivity contribution in [2.24, 2.45) is 5.73 Å². The van der Waals surface area contributed by atoms with E-state index in [2.05, 4.69) is 12.1 Å². The molecule has 1 aromatic carbocycles. The van der Waals surface area contributed by atoms with Crippen LogP contribution in [0.4, 0.5) is 0 Å². The van der Waals surface area contributed by atoms with E-state index in [1.165, 1.54) is 17.3 Å². The van der Waals surface area contributed by atoms with Crippen molar-refractivity contribution in [2.45, 2.75) is 11.5 Å². The van der Waals surface area contributed by atoms with Crippen molar-refractivity contribution in [3.05, 3.63) is 53.8 Å². The molecule has 120 valence electrons. The Morgan fingerprint density at radius 1 is 1.18 bits per heavy atom. The Kier molecular flexibility index (Phi) is 8.09. The average Bonchev–Trinajstić information content (AvgIpc) is 3.01. The molecule has 0 saturated heterocycles. The molecule has 0 bridgehead atoms. The van der Waals surface area contributed by atoms with E-state index in [1.54, 1.807) is 11.0 Å². The molecule has 0 aliphatic heterocycles. The van der Waals surface area contributed by atoms with Gasteiger partial charge in [0.2, 0.25) is 0 Å². The van der Waals surface area contributed by atoms with Crippen LogP contribution in [0.2, 0.25) is 0 Å². The molecule has 1 amide bonds. The van der Waals surface area contributed by atoms with Crippen LogP contribution in [0, 0.1) is 0 Å². The Balaban J connectivity index is 0.00000242. The summed E-state index contributed by atoms with van der Waals surface area (Å²) in [6, 6.07) is 13.6. The summed E-state index contributed by atoms with van der Waals surface area (Å²) in [5.74, 6) is 0.276. The molecule has 0 unspecified atom stereocenters. The van der Waals surface area contributed by atoms with Gasteiger partial charge in [-0.2, -0.15) is 0 Å². The van der Waals surface area contributed by atoms with Crippen LogP contribution in [0.3, 0.4) is 0 Å². The normalized spacial score (nSPS) is 10.1. The number of carbonyl (C=O) groups excluding carboxylic acids is 1. The number of rotatable bonds is 7. The molecule has 0 spiro atoms. The number of nitrogens with two attached hydrogens (primary N) is 1. The molecule has 22 heavy (non-hydrogen) atoms. The second-order valence-corrected chi connectivity index (χ2v) is 5.45. The van der Waals surface area contributed by atoms with Crippen molar-refractivity contribution in [2.75, 3.05) is 25.9 Å². The summed E-state index contributed by atoms with van der Waals surface area (Å²) in [7, 11) is 0. The van der Waals surface area contributed by atoms with Gasteiger partial charge in [-0.15, -0.1) is 12.4 Å². The van der Waals surface area contributed by atoms with Crippen LogP contribution in [-0.4, -0.2) is 36.7 Å². The smallest absolute Gasteiger partial charge is 0.289 e. The minimum Gasteiger partial charge on any atom is -0.445 e. The fourth-order valence-electron chi connectivity index (χ4n) is 2.08. The van der Waals surface area contributed by atoms with Gasteiger partial charge < -0.3 is 15.1 Å². The Morgan fingerprint density at radius 2 is 1.91 bits per heavy atom. The molecular weight excluding hydrogens is 320 g/mol. The lowest BCUT2D eigenvalue weighted by atomic mass is 10.1. The predicted molar refractivity (Wildman–Crippen MR) is 92.8 cm³/mol. The zero-order chi connectivity index (χ0) is 15.1. The molecule has 1 aromatic heterocycles. The van der Waals surface area contributed by atoms with Crippen LogP contribution in [0.15, 0.2) is 52.0 Å². The first kappa shape index (κ1) is 18.6. The molecule has 2 aromatic rings. The third-order valence-corrected chi connectivity index (χ3v) is 3.81. The van der Waals surface area contributed by atoms with Gasteiger partial charge in [0, 0.05) is 19.6 Å². The van der Waals surface area contributed by atoms with Gasteiger partial charge in [0.05, 0.1) is 0 Å². The van der Waals surface area contributed by atoms with Gasteiger partial charge in [-0.3, -0.25) is 4.79 Å². The minimum absolute atomic E-state index is 0. The number of thioether (sulfide) groups is 1. The summed E-state index contributed by atoms with van der Waals surface area (Å²) in [6.07, 6.45) is 2.73. The van der Waals surface area contributed by atoms with E-state index in [-0.39, 0.29) is 18.3 Å². The van der Waals surface area contributed by atoms with Gasteiger partial charge in [0.1, 0.15) is 0 Å². The van der Waals surface area contributed by atoms with Crippen LogP contribution in [-0.2, 0) is 6.42 Å². The molecule has 0 radical (unpaired) electrons. The lowest BCUT2D eigenvalue weighted by Crippen LogP contribution is -2.36. The van der Waals surface area contributed by atoms with E-state index >= 15 is 0 Å². The molecule has 0 atom stereocenters. The molecule has 6 heteroatoms. The van der Waals surface area contributed by atoms with E-state index in [0.717, 1.165) is 11.5 Å². The highest BCUT2D eigenvalue weighted by atomic mass is 35.5. The summed E-state index contributed by atoms with van der Waals surface area (Å²) in [5.41, 5.74) is 6.82. The SMILES string of the molecule is CSc1ccc(C(=O)N(CCN)CCc2ccccc2)o1.Cl. The van der Waals surface area contributed by atoms with Gasteiger partial charge in [-0.25, -0.2) is 0 Å². The summed E-state index contributed by atoms with van der Waals surface area (Å²) in [5, 5.41) is 0.745. The molecule has 0 aliphatic carbocycles. The van der Waals surface area contributed by atoms with Crippen molar-refractivity contribution >= 4 is 30.1 Å². The number of nitrogens with zero attached hydrogens (tertiary/aromatic N) is 1. The molecule has 2 N–H and O–H groups in total. The van der Waals surface area contributed by atoms with E-state index < -0.39 is 0 Å². The number of halogens is 1. The van der Waals surface area contributed by atoms with Crippen LogP contribution >= 0.6 is 24.2 Å². The highest BCUT2D eigenvalue weighted by Crippen LogP contribution is 2.19. The lowest BCUT2D eigenvalue weighted by Gasteiger charge is -2.20. The zero-order valence-corrected chi connectivity index (χ0v) is 14.2. The topological polar surface area (TPSA) is 59.5 Å². The van der Waals surface area contributed by atoms with E-state index in [1.807, 2.05) is 30.5 Å². The molecule has 0 saturated carbocycles. The van der Waals surface area contributed by atoms with Crippen LogP contribution in [0.1, 0.15) is 16.1 Å². The number of amides is 1. The maximum atomic E-state index is 12.5. The lowest BCUT2D eigenvalue weighted by molar-refractivity contribution is 0.0724. The predicted octanol–water partition coefficient (Wildman–Crippen LogP) is 3.07. The molecule has 1 heterocycles. The van der Waals surface area contributed by atoms with Crippen molar-refractivity contribution in [1.82, 2.24) is 4.90 Å². The fourth-order valence-corrected chi connectivity index (χ4v) is 2.46. The van der Waals surface area contributed by atoms with E-state index in [9.17, 15) is 4.79 Å². The number of hydrogen-bond acceptors (Lipinski definition) is 4. The third-order valence-electron chi connectivity index (χ3n) is 3.19. The highest BCUT2D eigenvalue weighted by molar-refractivity contribution is 7.98. The second-order valence-electron chi connectivity index (χ2n) is 4.64. The van der Waals surface area contributed by atoms with E-state index in [4.69, 9.17) is 10.2 Å². The second kappa shape index (κ2) is 9.56. The first-order chi connectivity index (χ1) is 10.2. The van der Waals surface area contributed by atoms with Crippen LogP contribution in [0.25, 0.3) is 0 Å². The van der Waals surface area contributed by atoms with Crippen molar-refractivity contribution in [1.29, 1.82) is 0 Å². The maximum Gasteiger partial charge on any atom is 0.289 e. The third kappa shape index (κ3) is 5.09. The highest BCUT2D eigenvalue weighted by Gasteiger charge is 2.18. The Labute approximate surface area is 141 Å². The number of hydrogen-bond donors (Lipinski definition) is 1. The minimum atomic E-state index is -0.100. The Hall–Kier alpha value is -1.43. The molecule has 4 nitrogen and oxygen atoms in total.